The molecule has 208 valence electrons. The molecule has 10 heteroatoms. The van der Waals surface area contributed by atoms with E-state index in [1.165, 1.54) is 24.0 Å². The van der Waals surface area contributed by atoms with Crippen molar-refractivity contribution in [1.82, 2.24) is 19.6 Å². The fraction of sp³-hybridized carbons (Fsp3) is 0.483. The van der Waals surface area contributed by atoms with Gasteiger partial charge in [0.15, 0.2) is 0 Å². The van der Waals surface area contributed by atoms with E-state index in [4.69, 9.17) is 4.98 Å². The lowest BCUT2D eigenvalue weighted by Crippen LogP contribution is -2.43. The molecule has 1 saturated heterocycles. The lowest BCUT2D eigenvalue weighted by atomic mass is 9.95. The summed E-state index contributed by atoms with van der Waals surface area (Å²) in [5, 5.41) is 3.27. The molecule has 2 aromatic carbocycles. The van der Waals surface area contributed by atoms with E-state index in [9.17, 15) is 18.0 Å². The summed E-state index contributed by atoms with van der Waals surface area (Å²) in [5.41, 5.74) is 5.58. The molecule has 39 heavy (non-hydrogen) atoms. The summed E-state index contributed by atoms with van der Waals surface area (Å²) in [6.07, 6.45) is 7.14. The van der Waals surface area contributed by atoms with Gasteiger partial charge in [0, 0.05) is 30.6 Å². The van der Waals surface area contributed by atoms with E-state index in [-0.39, 0.29) is 17.4 Å². The van der Waals surface area contributed by atoms with Crippen LogP contribution in [0.15, 0.2) is 36.4 Å². The monoisotopic (exact) mass is 551 g/mol. The number of hydrogen-bond acceptors (Lipinski definition) is 6. The Morgan fingerprint density at radius 1 is 0.974 bits per heavy atom. The molecule has 1 aliphatic heterocycles. The normalized spacial score (nSPS) is 17.1. The summed E-state index contributed by atoms with van der Waals surface area (Å²) >= 11 is 0. The van der Waals surface area contributed by atoms with E-state index >= 15 is 0 Å². The lowest BCUT2D eigenvalue weighted by Gasteiger charge is -2.33. The number of nitrogens with one attached hydrogen (secondary N) is 2. The van der Waals surface area contributed by atoms with Crippen LogP contribution in [0.1, 0.15) is 65.6 Å². The minimum atomic E-state index is -3.63. The van der Waals surface area contributed by atoms with E-state index in [0.29, 0.717) is 12.6 Å². The van der Waals surface area contributed by atoms with Gasteiger partial charge >= 0.3 is 0 Å². The molecule has 9 nitrogen and oxygen atoms in total. The summed E-state index contributed by atoms with van der Waals surface area (Å²) in [7, 11) is -3.63. The van der Waals surface area contributed by atoms with Crippen LogP contribution in [0.25, 0.3) is 11.0 Å². The molecule has 0 bridgehead atoms. The van der Waals surface area contributed by atoms with E-state index < -0.39 is 15.9 Å². The number of carbonyl (C=O) groups excluding carboxylic acids is 2. The number of anilines is 1. The number of carbonyl (C=O) groups is 2. The zero-order chi connectivity index (χ0) is 27.7. The molecule has 0 radical (unpaired) electrons. The second-order valence-electron chi connectivity index (χ2n) is 11.1. The van der Waals surface area contributed by atoms with Crippen molar-refractivity contribution in [2.24, 2.45) is 5.92 Å². The highest BCUT2D eigenvalue weighted by Crippen LogP contribution is 2.30. The predicted octanol–water partition coefficient (Wildman–Crippen LogP) is 3.67. The fourth-order valence-electron chi connectivity index (χ4n) is 5.67. The van der Waals surface area contributed by atoms with E-state index in [0.717, 1.165) is 67.6 Å². The van der Waals surface area contributed by atoms with Gasteiger partial charge in [-0.15, -0.1) is 0 Å². The minimum absolute atomic E-state index is 0.0368. The topological polar surface area (TPSA) is 113 Å². The third kappa shape index (κ3) is 6.27. The van der Waals surface area contributed by atoms with Crippen LogP contribution in [0.2, 0.25) is 0 Å². The summed E-state index contributed by atoms with van der Waals surface area (Å²) in [5.74, 6) is 0.461. The standard InChI is InChI=1S/C29H37N5O4S/c1-19-16-25-26(17-20(19)2)34(18-21-8-10-22(11-9-21)28(36)32-39(3,37)38)29(31-25)33-14-12-23(13-15-33)27(35)30-24-6-4-5-7-24/h8-11,16-17,23-24H,4-7,12-15,18H2,1-3H3,(H,30,35)(H,32,36). The summed E-state index contributed by atoms with van der Waals surface area (Å²) in [6.45, 7) is 6.24. The van der Waals surface area contributed by atoms with Gasteiger partial charge in [-0.25, -0.2) is 18.1 Å². The Morgan fingerprint density at radius 3 is 2.26 bits per heavy atom. The predicted molar refractivity (Wildman–Crippen MR) is 152 cm³/mol. The van der Waals surface area contributed by atoms with Crippen LogP contribution in [-0.4, -0.2) is 55.2 Å². The van der Waals surface area contributed by atoms with Gasteiger partial charge in [0.1, 0.15) is 0 Å². The number of rotatable bonds is 7. The number of piperidine rings is 1. The number of benzene rings is 2. The smallest absolute Gasteiger partial charge is 0.264 e. The van der Waals surface area contributed by atoms with Crippen molar-refractivity contribution in [1.29, 1.82) is 0 Å². The van der Waals surface area contributed by atoms with Gasteiger partial charge < -0.3 is 14.8 Å². The Hall–Kier alpha value is -3.40. The SMILES string of the molecule is Cc1cc2nc(N3CCC(C(=O)NC4CCCC4)CC3)n(Cc3ccc(C(=O)NS(C)(=O)=O)cc3)c2cc1C. The van der Waals surface area contributed by atoms with Crippen molar-refractivity contribution in [2.75, 3.05) is 24.2 Å². The number of imidazole rings is 1. The van der Waals surface area contributed by atoms with Crippen LogP contribution in [0.3, 0.4) is 0 Å². The van der Waals surface area contributed by atoms with E-state index in [1.54, 1.807) is 12.1 Å². The highest BCUT2D eigenvalue weighted by atomic mass is 32.2. The minimum Gasteiger partial charge on any atom is -0.353 e. The molecule has 2 amide bonds. The van der Waals surface area contributed by atoms with Gasteiger partial charge in [0.2, 0.25) is 21.9 Å². The molecule has 0 atom stereocenters. The van der Waals surface area contributed by atoms with Crippen molar-refractivity contribution in [3.8, 4) is 0 Å². The number of aromatic nitrogens is 2. The summed E-state index contributed by atoms with van der Waals surface area (Å²) in [4.78, 5) is 32.4. The van der Waals surface area contributed by atoms with Gasteiger partial charge in [0.05, 0.1) is 23.8 Å². The third-order valence-corrected chi connectivity index (χ3v) is 8.58. The summed E-state index contributed by atoms with van der Waals surface area (Å²) in [6, 6.07) is 11.6. The maximum Gasteiger partial charge on any atom is 0.264 e. The molecule has 2 fully saturated rings. The van der Waals surface area contributed by atoms with Gasteiger partial charge in [0.25, 0.3) is 5.91 Å². The maximum absolute atomic E-state index is 12.9. The zero-order valence-corrected chi connectivity index (χ0v) is 23.7. The third-order valence-electron chi connectivity index (χ3n) is 8.03. The van der Waals surface area contributed by atoms with Crippen LogP contribution in [0.5, 0.6) is 0 Å². The molecule has 3 aromatic rings. The van der Waals surface area contributed by atoms with Crippen molar-refractivity contribution in [3.63, 3.8) is 0 Å². The molecule has 1 saturated carbocycles. The molecule has 2 heterocycles. The largest absolute Gasteiger partial charge is 0.353 e. The Morgan fingerprint density at radius 2 is 1.62 bits per heavy atom. The Labute approximate surface area is 230 Å². The van der Waals surface area contributed by atoms with Crippen LogP contribution >= 0.6 is 0 Å². The number of amides is 2. The van der Waals surface area contributed by atoms with Crippen LogP contribution in [-0.2, 0) is 21.4 Å². The zero-order valence-electron chi connectivity index (χ0n) is 22.9. The molecular formula is C29H37N5O4S. The number of sulfonamides is 1. The Balaban J connectivity index is 1.36. The van der Waals surface area contributed by atoms with Crippen molar-refractivity contribution >= 4 is 38.8 Å². The first kappa shape index (κ1) is 27.2. The van der Waals surface area contributed by atoms with E-state index in [1.807, 2.05) is 16.9 Å². The Bertz CT molecular complexity index is 1480. The van der Waals surface area contributed by atoms with Gasteiger partial charge in [-0.1, -0.05) is 25.0 Å². The number of aryl methyl sites for hydroxylation is 2. The average molecular weight is 552 g/mol. The van der Waals surface area contributed by atoms with Crippen molar-refractivity contribution in [2.45, 2.75) is 65.0 Å². The van der Waals surface area contributed by atoms with Gasteiger partial charge in [-0.05, 0) is 80.5 Å². The maximum atomic E-state index is 12.9. The lowest BCUT2D eigenvalue weighted by molar-refractivity contribution is -0.126. The molecule has 2 N–H and O–H groups in total. The molecule has 0 unspecified atom stereocenters. The Kier molecular flexibility index (Phi) is 7.66. The first-order valence-electron chi connectivity index (χ1n) is 13.7. The van der Waals surface area contributed by atoms with Crippen LogP contribution in [0, 0.1) is 19.8 Å². The average Bonchev–Trinajstić information content (AvgIpc) is 3.52. The molecule has 0 spiro atoms. The first-order chi connectivity index (χ1) is 18.6. The van der Waals surface area contributed by atoms with Crippen molar-refractivity contribution < 1.29 is 18.0 Å². The van der Waals surface area contributed by atoms with Gasteiger partial charge in [-0.3, -0.25) is 9.59 Å². The number of hydrogen-bond donors (Lipinski definition) is 2. The first-order valence-corrected chi connectivity index (χ1v) is 15.6. The molecule has 5 rings (SSSR count). The highest BCUT2D eigenvalue weighted by Gasteiger charge is 2.29. The van der Waals surface area contributed by atoms with Crippen LogP contribution in [0.4, 0.5) is 5.95 Å². The highest BCUT2D eigenvalue weighted by molar-refractivity contribution is 7.89. The molecule has 2 aliphatic rings. The van der Waals surface area contributed by atoms with Crippen molar-refractivity contribution in [3.05, 3.63) is 58.7 Å². The number of fused-ring (bicyclic) bond motifs is 1. The second-order valence-corrected chi connectivity index (χ2v) is 12.8. The molecule has 1 aromatic heterocycles. The number of nitrogens with zero attached hydrogens (tertiary/aromatic N) is 3. The quantitative estimate of drug-likeness (QED) is 0.463. The van der Waals surface area contributed by atoms with Gasteiger partial charge in [-0.2, -0.15) is 0 Å². The molecule has 1 aliphatic carbocycles. The molecular weight excluding hydrogens is 514 g/mol. The second kappa shape index (κ2) is 11.0. The van der Waals surface area contributed by atoms with E-state index in [2.05, 4.69) is 40.8 Å². The fourth-order valence-corrected chi connectivity index (χ4v) is 6.12. The summed E-state index contributed by atoms with van der Waals surface area (Å²) < 4.78 is 27.0. The van der Waals surface area contributed by atoms with Crippen LogP contribution < -0.4 is 14.9 Å².